The van der Waals surface area contributed by atoms with Gasteiger partial charge in [0, 0.05) is 43.9 Å². The van der Waals surface area contributed by atoms with Gasteiger partial charge < -0.3 is 14.5 Å². The Balaban J connectivity index is 1.46. The lowest BCUT2D eigenvalue weighted by Crippen LogP contribution is -2.50. The third-order valence-electron chi connectivity index (χ3n) is 6.17. The van der Waals surface area contributed by atoms with Gasteiger partial charge >= 0.3 is 0 Å². The monoisotopic (exact) mass is 358 g/mol. The average Bonchev–Trinajstić information content (AvgIpc) is 2.72. The second-order valence-electron chi connectivity index (χ2n) is 7.87. The van der Waals surface area contributed by atoms with E-state index in [-0.39, 0.29) is 5.92 Å². The minimum atomic E-state index is 0.274. The van der Waals surface area contributed by atoms with Crippen LogP contribution >= 0.6 is 0 Å². The van der Waals surface area contributed by atoms with E-state index in [1.54, 1.807) is 7.11 Å². The molecule has 1 aliphatic carbocycles. The molecule has 0 aromatic heterocycles. The van der Waals surface area contributed by atoms with Crippen molar-refractivity contribution in [1.82, 2.24) is 4.90 Å². The van der Waals surface area contributed by atoms with Gasteiger partial charge in [0.2, 0.25) is 5.91 Å². The number of carbonyl (C=O) groups is 1. The fourth-order valence-electron chi connectivity index (χ4n) is 4.44. The fourth-order valence-corrected chi connectivity index (χ4v) is 4.44. The number of methoxy groups -OCH3 is 1. The quantitative estimate of drug-likeness (QED) is 0.758. The SMILES string of the molecule is CCCCC1CCC(C(=O)N2CCN(c3cccc(OC)c3)CC2)CC1. The first-order valence-corrected chi connectivity index (χ1v) is 10.4. The van der Waals surface area contributed by atoms with Crippen LogP contribution in [0.15, 0.2) is 24.3 Å². The van der Waals surface area contributed by atoms with Crippen molar-refractivity contribution in [3.63, 3.8) is 0 Å². The van der Waals surface area contributed by atoms with Crippen molar-refractivity contribution in [3.05, 3.63) is 24.3 Å². The number of ether oxygens (including phenoxy) is 1. The van der Waals surface area contributed by atoms with Crippen molar-refractivity contribution in [3.8, 4) is 5.75 Å². The number of piperazine rings is 1. The summed E-state index contributed by atoms with van der Waals surface area (Å²) in [5.41, 5.74) is 1.19. The van der Waals surface area contributed by atoms with Gasteiger partial charge in [0.1, 0.15) is 5.75 Å². The van der Waals surface area contributed by atoms with Gasteiger partial charge in [-0.25, -0.2) is 0 Å². The van der Waals surface area contributed by atoms with E-state index in [9.17, 15) is 4.79 Å². The Kier molecular flexibility index (Phi) is 6.81. The van der Waals surface area contributed by atoms with Crippen LogP contribution in [0, 0.1) is 11.8 Å². The maximum absolute atomic E-state index is 12.9. The molecule has 1 aliphatic heterocycles. The summed E-state index contributed by atoms with van der Waals surface area (Å²) < 4.78 is 5.33. The van der Waals surface area contributed by atoms with E-state index in [1.807, 2.05) is 12.1 Å². The van der Waals surface area contributed by atoms with Crippen molar-refractivity contribution in [2.75, 3.05) is 38.2 Å². The second-order valence-corrected chi connectivity index (χ2v) is 7.87. The number of anilines is 1. The lowest BCUT2D eigenvalue weighted by atomic mass is 9.79. The van der Waals surface area contributed by atoms with E-state index in [0.717, 1.165) is 50.7 Å². The molecule has 1 saturated carbocycles. The molecule has 0 bridgehead atoms. The zero-order chi connectivity index (χ0) is 18.4. The highest BCUT2D eigenvalue weighted by molar-refractivity contribution is 5.79. The molecule has 4 heteroatoms. The molecule has 4 nitrogen and oxygen atoms in total. The Hall–Kier alpha value is -1.71. The summed E-state index contributed by atoms with van der Waals surface area (Å²) in [5.74, 6) is 2.44. The summed E-state index contributed by atoms with van der Waals surface area (Å²) in [6.07, 6.45) is 8.69. The fraction of sp³-hybridized carbons (Fsp3) is 0.682. The predicted octanol–water partition coefficient (Wildman–Crippen LogP) is 4.34. The van der Waals surface area contributed by atoms with Crippen molar-refractivity contribution < 1.29 is 9.53 Å². The molecule has 0 spiro atoms. The van der Waals surface area contributed by atoms with Crippen molar-refractivity contribution >= 4 is 11.6 Å². The van der Waals surface area contributed by atoms with Crippen LogP contribution in [0.5, 0.6) is 5.75 Å². The molecule has 0 radical (unpaired) electrons. The molecule has 1 amide bonds. The van der Waals surface area contributed by atoms with E-state index in [2.05, 4.69) is 28.9 Å². The standard InChI is InChI=1S/C22H34N2O2/c1-3-4-6-18-9-11-19(12-10-18)22(25)24-15-13-23(14-16-24)20-7-5-8-21(17-20)26-2/h5,7-8,17-19H,3-4,6,9-16H2,1-2H3. The maximum atomic E-state index is 12.9. The summed E-state index contributed by atoms with van der Waals surface area (Å²) >= 11 is 0. The molecule has 1 aromatic rings. The van der Waals surface area contributed by atoms with E-state index in [1.165, 1.54) is 37.8 Å². The predicted molar refractivity (Wildman–Crippen MR) is 107 cm³/mol. The number of hydrogen-bond donors (Lipinski definition) is 0. The highest BCUT2D eigenvalue weighted by Crippen LogP contribution is 2.33. The lowest BCUT2D eigenvalue weighted by molar-refractivity contribution is -0.137. The van der Waals surface area contributed by atoms with Gasteiger partial charge in [-0.05, 0) is 43.7 Å². The van der Waals surface area contributed by atoms with Gasteiger partial charge in [0.25, 0.3) is 0 Å². The van der Waals surface area contributed by atoms with E-state index in [0.29, 0.717) is 5.91 Å². The summed E-state index contributed by atoms with van der Waals surface area (Å²) in [5, 5.41) is 0. The zero-order valence-electron chi connectivity index (χ0n) is 16.5. The van der Waals surface area contributed by atoms with Gasteiger partial charge in [-0.2, -0.15) is 0 Å². The molecule has 26 heavy (non-hydrogen) atoms. The van der Waals surface area contributed by atoms with Crippen LogP contribution in [-0.4, -0.2) is 44.1 Å². The van der Waals surface area contributed by atoms with Crippen LogP contribution < -0.4 is 9.64 Å². The Morgan fingerprint density at radius 3 is 2.50 bits per heavy atom. The molecule has 1 saturated heterocycles. The van der Waals surface area contributed by atoms with E-state index < -0.39 is 0 Å². The highest BCUT2D eigenvalue weighted by atomic mass is 16.5. The molecule has 1 aromatic carbocycles. The Morgan fingerprint density at radius 2 is 1.85 bits per heavy atom. The first kappa shape index (κ1) is 19.1. The minimum Gasteiger partial charge on any atom is -0.497 e. The number of carbonyl (C=O) groups excluding carboxylic acids is 1. The molecule has 3 rings (SSSR count). The van der Waals surface area contributed by atoms with Crippen LogP contribution in [0.2, 0.25) is 0 Å². The molecule has 0 N–H and O–H groups in total. The van der Waals surface area contributed by atoms with Crippen LogP contribution in [0.25, 0.3) is 0 Å². The maximum Gasteiger partial charge on any atom is 0.225 e. The molecule has 144 valence electrons. The first-order valence-electron chi connectivity index (χ1n) is 10.4. The molecule has 2 aliphatic rings. The number of rotatable bonds is 6. The molecular formula is C22H34N2O2. The third kappa shape index (κ3) is 4.72. The van der Waals surface area contributed by atoms with Crippen molar-refractivity contribution in [1.29, 1.82) is 0 Å². The van der Waals surface area contributed by atoms with Gasteiger partial charge in [0.05, 0.1) is 7.11 Å². The normalized spacial score (nSPS) is 23.8. The Morgan fingerprint density at radius 1 is 1.12 bits per heavy atom. The average molecular weight is 359 g/mol. The van der Waals surface area contributed by atoms with E-state index in [4.69, 9.17) is 4.74 Å². The van der Waals surface area contributed by atoms with Gasteiger partial charge in [-0.15, -0.1) is 0 Å². The topological polar surface area (TPSA) is 32.8 Å². The van der Waals surface area contributed by atoms with Crippen molar-refractivity contribution in [2.24, 2.45) is 11.8 Å². The summed E-state index contributed by atoms with van der Waals surface area (Å²) in [7, 11) is 1.70. The number of hydrogen-bond acceptors (Lipinski definition) is 3. The number of benzene rings is 1. The summed E-state index contributed by atoms with van der Waals surface area (Å²) in [6.45, 7) is 5.76. The number of nitrogens with zero attached hydrogens (tertiary/aromatic N) is 2. The highest BCUT2D eigenvalue weighted by Gasteiger charge is 2.30. The Labute approximate surface area is 158 Å². The Bertz CT molecular complexity index is 573. The lowest BCUT2D eigenvalue weighted by Gasteiger charge is -2.39. The van der Waals surface area contributed by atoms with E-state index >= 15 is 0 Å². The third-order valence-corrected chi connectivity index (χ3v) is 6.17. The summed E-state index contributed by atoms with van der Waals surface area (Å²) in [6, 6.07) is 8.20. The number of unbranched alkanes of at least 4 members (excludes halogenated alkanes) is 1. The van der Waals surface area contributed by atoms with Gasteiger partial charge in [0.15, 0.2) is 0 Å². The van der Waals surface area contributed by atoms with Crippen LogP contribution in [0.1, 0.15) is 51.9 Å². The van der Waals surface area contributed by atoms with Crippen molar-refractivity contribution in [2.45, 2.75) is 51.9 Å². The number of amides is 1. The molecular weight excluding hydrogens is 324 g/mol. The molecule has 0 atom stereocenters. The molecule has 1 heterocycles. The first-order chi connectivity index (χ1) is 12.7. The second kappa shape index (κ2) is 9.29. The smallest absolute Gasteiger partial charge is 0.225 e. The van der Waals surface area contributed by atoms with Crippen LogP contribution in [0.4, 0.5) is 5.69 Å². The largest absolute Gasteiger partial charge is 0.497 e. The van der Waals surface area contributed by atoms with Crippen LogP contribution in [-0.2, 0) is 4.79 Å². The minimum absolute atomic E-state index is 0.274. The zero-order valence-corrected chi connectivity index (χ0v) is 16.5. The van der Waals surface area contributed by atoms with Gasteiger partial charge in [-0.3, -0.25) is 4.79 Å². The molecule has 0 unspecified atom stereocenters. The van der Waals surface area contributed by atoms with Crippen LogP contribution in [0.3, 0.4) is 0 Å². The molecule has 2 fully saturated rings. The summed E-state index contributed by atoms with van der Waals surface area (Å²) in [4.78, 5) is 17.4. The van der Waals surface area contributed by atoms with Gasteiger partial charge in [-0.1, -0.05) is 32.3 Å².